The number of halogens is 2. The number of carbonyl (C=O) groups is 2. The molecule has 1 saturated heterocycles. The first-order valence-corrected chi connectivity index (χ1v) is 14.8. The van der Waals surface area contributed by atoms with Crippen LogP contribution in [0.2, 0.25) is 10.0 Å². The van der Waals surface area contributed by atoms with Gasteiger partial charge in [0, 0.05) is 39.0 Å². The molecule has 15 heteroatoms. The molecule has 41 heavy (non-hydrogen) atoms. The van der Waals surface area contributed by atoms with Gasteiger partial charge in [-0.05, 0) is 27.2 Å². The number of H-pyrrole nitrogens is 1. The monoisotopic (exact) mass is 625 g/mol. The van der Waals surface area contributed by atoms with Crippen molar-refractivity contribution in [3.05, 3.63) is 38.7 Å². The number of aryl methyl sites for hydroxylation is 1. The zero-order valence-electron chi connectivity index (χ0n) is 23.3. The van der Waals surface area contributed by atoms with E-state index in [1.807, 2.05) is 11.8 Å². The third kappa shape index (κ3) is 7.28. The van der Waals surface area contributed by atoms with E-state index in [1.165, 1.54) is 11.3 Å². The fraction of sp³-hybridized carbons (Fsp3) is 0.500. The molecule has 1 fully saturated rings. The van der Waals surface area contributed by atoms with Gasteiger partial charge in [0.2, 0.25) is 0 Å². The predicted molar refractivity (Wildman–Crippen MR) is 159 cm³/mol. The number of rotatable bonds is 12. The summed E-state index contributed by atoms with van der Waals surface area (Å²) in [5.41, 5.74) is 1.69. The Labute approximate surface area is 252 Å². The van der Waals surface area contributed by atoms with Gasteiger partial charge in [0.15, 0.2) is 5.13 Å². The zero-order valence-corrected chi connectivity index (χ0v) is 25.6. The minimum atomic E-state index is -0.476. The first kappa shape index (κ1) is 31.0. The summed E-state index contributed by atoms with van der Waals surface area (Å²) in [4.78, 5) is 44.8. The van der Waals surface area contributed by atoms with E-state index in [4.69, 9.17) is 42.4 Å². The van der Waals surface area contributed by atoms with Gasteiger partial charge in [0.05, 0.1) is 47.8 Å². The molecule has 0 bridgehead atoms. The molecule has 12 nitrogen and oxygen atoms in total. The number of piperidine rings is 1. The van der Waals surface area contributed by atoms with Crippen LogP contribution in [0.4, 0.5) is 10.9 Å². The van der Waals surface area contributed by atoms with Crippen molar-refractivity contribution in [2.75, 3.05) is 56.8 Å². The number of hydrogen-bond donors (Lipinski definition) is 3. The fourth-order valence-electron chi connectivity index (χ4n) is 4.38. The van der Waals surface area contributed by atoms with Gasteiger partial charge in [-0.3, -0.25) is 4.79 Å². The molecule has 4 rings (SSSR count). The van der Waals surface area contributed by atoms with E-state index in [2.05, 4.69) is 25.6 Å². The Bertz CT molecular complexity index is 1350. The average Bonchev–Trinajstić information content (AvgIpc) is 3.52. The van der Waals surface area contributed by atoms with Crippen molar-refractivity contribution < 1.29 is 23.8 Å². The van der Waals surface area contributed by atoms with Crippen LogP contribution in [0.5, 0.6) is 0 Å². The predicted octanol–water partition coefficient (Wildman–Crippen LogP) is 4.19. The van der Waals surface area contributed by atoms with Crippen molar-refractivity contribution in [3.63, 3.8) is 0 Å². The highest BCUT2D eigenvalue weighted by molar-refractivity contribution is 7.17. The first-order valence-electron chi connectivity index (χ1n) is 13.2. The first-order chi connectivity index (χ1) is 19.8. The summed E-state index contributed by atoms with van der Waals surface area (Å²) in [7, 11) is 1.62. The van der Waals surface area contributed by atoms with E-state index >= 15 is 0 Å². The van der Waals surface area contributed by atoms with E-state index in [0.29, 0.717) is 77.2 Å². The number of aromatic nitrogens is 4. The molecular weight excluding hydrogens is 593 g/mol. The Morgan fingerprint density at radius 2 is 2.00 bits per heavy atom. The van der Waals surface area contributed by atoms with Gasteiger partial charge >= 0.3 is 5.97 Å². The van der Waals surface area contributed by atoms with Crippen molar-refractivity contribution in [1.29, 1.82) is 0 Å². The quantitative estimate of drug-likeness (QED) is 0.198. The van der Waals surface area contributed by atoms with Gasteiger partial charge in [-0.1, -0.05) is 34.5 Å². The second-order valence-corrected chi connectivity index (χ2v) is 10.9. The molecule has 1 aliphatic rings. The van der Waals surface area contributed by atoms with Gasteiger partial charge in [-0.15, -0.1) is 0 Å². The lowest BCUT2D eigenvalue weighted by Gasteiger charge is -2.38. The molecule has 0 radical (unpaired) electrons. The van der Waals surface area contributed by atoms with Crippen LogP contribution in [0, 0.1) is 6.92 Å². The lowest BCUT2D eigenvalue weighted by atomic mass is 10.0. The van der Waals surface area contributed by atoms with Crippen LogP contribution in [0.15, 0.2) is 12.4 Å². The maximum absolute atomic E-state index is 13.0. The minimum Gasteiger partial charge on any atom is -0.462 e. The summed E-state index contributed by atoms with van der Waals surface area (Å²) in [5, 5.41) is 7.29. The van der Waals surface area contributed by atoms with Crippen molar-refractivity contribution >= 4 is 57.4 Å². The average molecular weight is 627 g/mol. The van der Waals surface area contributed by atoms with Crippen LogP contribution < -0.4 is 15.5 Å². The highest BCUT2D eigenvalue weighted by atomic mass is 35.5. The molecule has 3 aromatic rings. The third-order valence-corrected chi connectivity index (χ3v) is 8.43. The van der Waals surface area contributed by atoms with E-state index < -0.39 is 5.97 Å². The van der Waals surface area contributed by atoms with Crippen LogP contribution in [0.3, 0.4) is 0 Å². The Kier molecular flexibility index (Phi) is 10.8. The molecule has 1 aliphatic heterocycles. The number of aromatic amines is 1. The molecule has 222 valence electrons. The third-order valence-electron chi connectivity index (χ3n) is 6.39. The summed E-state index contributed by atoms with van der Waals surface area (Å²) in [5.74, 6) is -0.246. The Balaban J connectivity index is 1.53. The van der Waals surface area contributed by atoms with Crippen molar-refractivity contribution in [1.82, 2.24) is 25.3 Å². The van der Waals surface area contributed by atoms with Crippen molar-refractivity contribution in [2.45, 2.75) is 39.3 Å². The number of amides is 1. The molecule has 3 aromatic heterocycles. The smallest absolute Gasteiger partial charge is 0.350 e. The molecule has 4 heterocycles. The number of nitrogens with one attached hydrogen (secondary N) is 3. The largest absolute Gasteiger partial charge is 0.462 e. The van der Waals surface area contributed by atoms with Gasteiger partial charge < -0.3 is 34.7 Å². The summed E-state index contributed by atoms with van der Waals surface area (Å²) in [6.45, 7) is 8.21. The highest BCUT2D eigenvalue weighted by Crippen LogP contribution is 2.35. The summed E-state index contributed by atoms with van der Waals surface area (Å²) in [6.07, 6.45) is 3.40. The maximum atomic E-state index is 13.0. The van der Waals surface area contributed by atoms with Crippen LogP contribution in [0.1, 0.15) is 46.1 Å². The topological polar surface area (TPSA) is 144 Å². The number of anilines is 2. The normalized spacial score (nSPS) is 17.0. The summed E-state index contributed by atoms with van der Waals surface area (Å²) >= 11 is 13.6. The van der Waals surface area contributed by atoms with Crippen LogP contribution in [0.25, 0.3) is 11.4 Å². The second-order valence-electron chi connectivity index (χ2n) is 9.16. The van der Waals surface area contributed by atoms with Gasteiger partial charge in [0.25, 0.3) is 5.91 Å². The molecular formula is C26H33Cl2N7O5S. The number of methoxy groups -OCH3 is 1. The van der Waals surface area contributed by atoms with Gasteiger partial charge in [0.1, 0.15) is 27.8 Å². The van der Waals surface area contributed by atoms with Gasteiger partial charge in [-0.25, -0.2) is 19.7 Å². The number of hydrogen-bond acceptors (Lipinski definition) is 11. The standard InChI is InChI=1S/C26H33Cl2N7O5S/c1-5-39-17-13-35(9-7-15(17)33-24(36)22-20(28)19(27)14(3)32-22)26-34-21(23(41-26)25(37)40-6-2)16-11-31-18(12-30-16)29-8-10-38-4/h11-12,15,17,32H,5-10,13H2,1-4H3,(H,29,31)(H,33,36)/t15-,17+/m1/s1. The SMILES string of the molecule is CCOC(=O)c1sc(N2CC[C@@H](NC(=O)c3[nH]c(C)c(Cl)c3Cl)[C@@H](OCC)C2)nc1-c1cnc(NCCOC)cn1. The van der Waals surface area contributed by atoms with Crippen LogP contribution >= 0.6 is 34.5 Å². The summed E-state index contributed by atoms with van der Waals surface area (Å²) in [6, 6.07) is -0.273. The van der Waals surface area contributed by atoms with Crippen LogP contribution in [-0.4, -0.2) is 90.5 Å². The fourth-order valence-corrected chi connectivity index (χ4v) is 5.80. The van der Waals surface area contributed by atoms with Crippen LogP contribution in [-0.2, 0) is 14.2 Å². The number of ether oxygens (including phenoxy) is 3. The van der Waals surface area contributed by atoms with Crippen molar-refractivity contribution in [2.24, 2.45) is 0 Å². The minimum absolute atomic E-state index is 0.191. The number of nitrogens with zero attached hydrogens (tertiary/aromatic N) is 4. The molecule has 0 aliphatic carbocycles. The Hall–Kier alpha value is -2.97. The Morgan fingerprint density at radius 3 is 2.63 bits per heavy atom. The van der Waals surface area contributed by atoms with Gasteiger partial charge in [-0.2, -0.15) is 0 Å². The molecule has 0 spiro atoms. The number of carbonyl (C=O) groups excluding carboxylic acids is 2. The lowest BCUT2D eigenvalue weighted by molar-refractivity contribution is 0.0272. The van der Waals surface area contributed by atoms with E-state index in [0.717, 1.165) is 0 Å². The van der Waals surface area contributed by atoms with Crippen molar-refractivity contribution in [3.8, 4) is 11.4 Å². The second kappa shape index (κ2) is 14.3. The van der Waals surface area contributed by atoms with E-state index in [1.54, 1.807) is 33.4 Å². The maximum Gasteiger partial charge on any atom is 0.350 e. The van der Waals surface area contributed by atoms with E-state index in [9.17, 15) is 9.59 Å². The molecule has 2 atom stereocenters. The number of esters is 1. The molecule has 0 unspecified atom stereocenters. The number of thiazole rings is 1. The summed E-state index contributed by atoms with van der Waals surface area (Å²) < 4.78 is 16.4. The molecule has 0 saturated carbocycles. The molecule has 1 amide bonds. The zero-order chi connectivity index (χ0) is 29.5. The molecule has 3 N–H and O–H groups in total. The molecule has 0 aromatic carbocycles. The lowest BCUT2D eigenvalue weighted by Crippen LogP contribution is -2.55. The van der Waals surface area contributed by atoms with E-state index in [-0.39, 0.29) is 35.4 Å². The highest BCUT2D eigenvalue weighted by Gasteiger charge is 2.34. The Morgan fingerprint density at radius 1 is 1.20 bits per heavy atom.